The number of hydrogen-bond donors (Lipinski definition) is 0. The molecule has 2 aromatic carbocycles. The van der Waals surface area contributed by atoms with Gasteiger partial charge in [0.1, 0.15) is 0 Å². The van der Waals surface area contributed by atoms with E-state index < -0.39 is 15.9 Å². The van der Waals surface area contributed by atoms with E-state index in [9.17, 15) is 14.3 Å². The molecular weight excluding hydrogens is 348 g/mol. The van der Waals surface area contributed by atoms with Crippen LogP contribution < -0.4 is 0 Å². The van der Waals surface area contributed by atoms with Crippen LogP contribution in [0.25, 0.3) is 10.9 Å². The van der Waals surface area contributed by atoms with Crippen molar-refractivity contribution in [1.82, 2.24) is 3.97 Å². The zero-order valence-corrected chi connectivity index (χ0v) is 17.0. The summed E-state index contributed by atoms with van der Waals surface area (Å²) in [5.74, 6) is 0. The molecule has 0 saturated carbocycles. The molecule has 0 aliphatic carbocycles. The maximum Gasteiger partial charge on any atom is 0.270 e. The smallest absolute Gasteiger partial charge is 0.259 e. The summed E-state index contributed by atoms with van der Waals surface area (Å²) in [6.45, 7) is 11.8. The molecule has 0 fully saturated rings. The predicted molar refractivity (Wildman–Crippen MR) is 109 cm³/mol. The summed E-state index contributed by atoms with van der Waals surface area (Å²) in [5, 5.41) is 11.7. The third kappa shape index (κ3) is 4.19. The fraction of sp³-hybridized carbons (Fsp3) is 0.300. The van der Waals surface area contributed by atoms with Crippen LogP contribution in [-0.4, -0.2) is 13.1 Å². The first-order chi connectivity index (χ1) is 12.5. The van der Waals surface area contributed by atoms with Crippen molar-refractivity contribution in [2.24, 2.45) is 0 Å². The summed E-state index contributed by atoms with van der Waals surface area (Å²) in [6, 6.07) is 13.8. The van der Waals surface area contributed by atoms with Crippen molar-refractivity contribution >= 4 is 27.6 Å². The molecule has 6 heteroatoms. The van der Waals surface area contributed by atoms with Crippen molar-refractivity contribution in [1.29, 1.82) is 0 Å². The first kappa shape index (κ1) is 21.6. The Kier molecular flexibility index (Phi) is 8.19. The number of rotatable bonds is 3. The summed E-state index contributed by atoms with van der Waals surface area (Å²) in [7, 11) is -1.38. The summed E-state index contributed by atoms with van der Waals surface area (Å²) in [5.41, 5.74) is 2.53. The molecule has 0 saturated heterocycles. The third-order valence-corrected chi connectivity index (χ3v) is 5.25. The Balaban J connectivity index is 0.000000791. The maximum absolute atomic E-state index is 12.9. The van der Waals surface area contributed by atoms with Crippen molar-refractivity contribution in [3.63, 3.8) is 0 Å². The Hall–Kier alpha value is -2.47. The van der Waals surface area contributed by atoms with Crippen molar-refractivity contribution < 1.29 is 9.13 Å². The van der Waals surface area contributed by atoms with Gasteiger partial charge in [-0.3, -0.25) is 14.1 Å². The van der Waals surface area contributed by atoms with Gasteiger partial charge in [-0.05, 0) is 37.6 Å². The minimum Gasteiger partial charge on any atom is -0.259 e. The second kappa shape index (κ2) is 9.87. The molecule has 0 aliphatic heterocycles. The van der Waals surface area contributed by atoms with Gasteiger partial charge >= 0.3 is 0 Å². The van der Waals surface area contributed by atoms with Gasteiger partial charge in [-0.15, -0.1) is 0 Å². The van der Waals surface area contributed by atoms with E-state index in [0.29, 0.717) is 4.90 Å². The van der Waals surface area contributed by atoms with Crippen LogP contribution in [0.3, 0.4) is 0 Å². The van der Waals surface area contributed by atoms with E-state index >= 15 is 0 Å². The van der Waals surface area contributed by atoms with E-state index in [-0.39, 0.29) is 5.69 Å². The lowest BCUT2D eigenvalue weighted by atomic mass is 10.1. The van der Waals surface area contributed by atoms with Gasteiger partial charge in [-0.2, -0.15) is 0 Å². The zero-order chi connectivity index (χ0) is 19.9. The second-order valence-corrected chi connectivity index (χ2v) is 6.36. The number of aromatic nitrogens is 1. The van der Waals surface area contributed by atoms with Crippen molar-refractivity contribution in [2.45, 2.75) is 46.4 Å². The second-order valence-electron chi connectivity index (χ2n) is 5.03. The molecular formula is C20H26N2O3S. The topological polar surface area (TPSA) is 65.1 Å². The van der Waals surface area contributed by atoms with Crippen LogP contribution >= 0.6 is 0 Å². The molecule has 3 rings (SSSR count). The Morgan fingerprint density at radius 2 is 1.54 bits per heavy atom. The highest BCUT2D eigenvalue weighted by atomic mass is 32.2. The minimum absolute atomic E-state index is 0.0400. The van der Waals surface area contributed by atoms with Crippen LogP contribution in [0.5, 0.6) is 0 Å². The lowest BCUT2D eigenvalue weighted by Crippen LogP contribution is -2.06. The van der Waals surface area contributed by atoms with Gasteiger partial charge in [0.05, 0.1) is 15.3 Å². The van der Waals surface area contributed by atoms with Gasteiger partial charge in [0, 0.05) is 23.2 Å². The average Bonchev–Trinajstić information content (AvgIpc) is 2.95. The summed E-state index contributed by atoms with van der Waals surface area (Å²) in [6.07, 6.45) is 0. The Morgan fingerprint density at radius 1 is 0.962 bits per heavy atom. The van der Waals surface area contributed by atoms with Gasteiger partial charge in [-0.1, -0.05) is 45.9 Å². The summed E-state index contributed by atoms with van der Waals surface area (Å²) >= 11 is 0. The van der Waals surface area contributed by atoms with Crippen LogP contribution in [0.1, 0.15) is 39.0 Å². The molecule has 1 heterocycles. The number of nitrogens with zero attached hydrogens (tertiary/aromatic N) is 2. The zero-order valence-electron chi connectivity index (χ0n) is 16.1. The molecule has 140 valence electrons. The van der Waals surface area contributed by atoms with Crippen molar-refractivity contribution in [3.8, 4) is 0 Å². The van der Waals surface area contributed by atoms with Crippen LogP contribution in [0, 0.1) is 24.0 Å². The third-order valence-electron chi connectivity index (χ3n) is 3.77. The highest BCUT2D eigenvalue weighted by molar-refractivity contribution is 7.83. The molecule has 0 amide bonds. The van der Waals surface area contributed by atoms with E-state index in [0.717, 1.165) is 22.2 Å². The molecule has 3 aromatic rings. The highest BCUT2D eigenvalue weighted by Crippen LogP contribution is 2.30. The van der Waals surface area contributed by atoms with E-state index in [2.05, 4.69) is 0 Å². The van der Waals surface area contributed by atoms with Gasteiger partial charge in [0.15, 0.2) is 11.0 Å². The fourth-order valence-electron chi connectivity index (χ4n) is 2.50. The summed E-state index contributed by atoms with van der Waals surface area (Å²) < 4.78 is 14.6. The number of nitro benzene ring substituents is 1. The monoisotopic (exact) mass is 374 g/mol. The van der Waals surface area contributed by atoms with E-state index in [1.807, 2.05) is 71.9 Å². The molecule has 0 bridgehead atoms. The number of nitro groups is 1. The quantitative estimate of drug-likeness (QED) is 0.430. The molecule has 26 heavy (non-hydrogen) atoms. The van der Waals surface area contributed by atoms with Crippen LogP contribution in [0.4, 0.5) is 5.69 Å². The number of benzene rings is 2. The van der Waals surface area contributed by atoms with Gasteiger partial charge in [0.25, 0.3) is 5.69 Å². The molecule has 5 nitrogen and oxygen atoms in total. The molecule has 1 aromatic heterocycles. The Labute approximate surface area is 157 Å². The number of fused-ring (bicyclic) bond motifs is 1. The highest BCUT2D eigenvalue weighted by Gasteiger charge is 2.19. The van der Waals surface area contributed by atoms with Gasteiger partial charge in [0.2, 0.25) is 0 Å². The number of aryl methyl sites for hydroxylation is 1. The maximum atomic E-state index is 12.9. The number of non-ortho nitro benzene ring substituents is 1. The number of hydrogen-bond acceptors (Lipinski definition) is 3. The lowest BCUT2D eigenvalue weighted by Gasteiger charge is -2.07. The van der Waals surface area contributed by atoms with Gasteiger partial charge in [-0.25, -0.2) is 4.21 Å². The fourth-order valence-corrected chi connectivity index (χ4v) is 3.82. The normalized spacial score (nSPS) is 11.0. The van der Waals surface area contributed by atoms with Crippen molar-refractivity contribution in [2.75, 3.05) is 0 Å². The molecule has 1 unspecified atom stereocenters. The standard InChI is InChI=1S/C16H14N2O3S.2C2H6/c1-11-12(2)17(22(21)14-6-4-3-5-7-14)16-9-8-13(18(19)20)10-15(11)16;2*1-2/h3-10H,1-2H3;2*1-2H3. The molecule has 0 spiro atoms. The van der Waals surface area contributed by atoms with E-state index in [1.54, 1.807) is 10.0 Å². The average molecular weight is 375 g/mol. The molecule has 1 atom stereocenters. The minimum atomic E-state index is -1.38. The Bertz CT molecular complexity index is 902. The molecule has 0 radical (unpaired) electrons. The largest absolute Gasteiger partial charge is 0.270 e. The van der Waals surface area contributed by atoms with Gasteiger partial charge < -0.3 is 0 Å². The first-order valence-electron chi connectivity index (χ1n) is 8.74. The molecule has 0 N–H and O–H groups in total. The lowest BCUT2D eigenvalue weighted by molar-refractivity contribution is -0.384. The van der Waals surface area contributed by atoms with E-state index in [1.165, 1.54) is 12.1 Å². The SMILES string of the molecule is CC.CC.Cc1c(C)n(S(=O)c2ccccc2)c2ccc([N+](=O)[O-])cc12. The first-order valence-corrected chi connectivity index (χ1v) is 9.84. The predicted octanol–water partition coefficient (Wildman–Crippen LogP) is 5.79. The van der Waals surface area contributed by atoms with Crippen molar-refractivity contribution in [3.05, 3.63) is 69.9 Å². The van der Waals surface area contributed by atoms with Crippen LogP contribution in [0.2, 0.25) is 0 Å². The summed E-state index contributed by atoms with van der Waals surface area (Å²) in [4.78, 5) is 11.2. The Morgan fingerprint density at radius 3 is 2.08 bits per heavy atom. The molecule has 0 aliphatic rings. The van der Waals surface area contributed by atoms with Crippen LogP contribution in [0.15, 0.2) is 53.4 Å². The van der Waals surface area contributed by atoms with Crippen LogP contribution in [-0.2, 0) is 11.0 Å². The van der Waals surface area contributed by atoms with E-state index in [4.69, 9.17) is 0 Å².